The number of ether oxygens (including phenoxy) is 2. The van der Waals surface area contributed by atoms with Crippen LogP contribution in [0.2, 0.25) is 0 Å². The maximum absolute atomic E-state index is 11.6. The van der Waals surface area contributed by atoms with Crippen molar-refractivity contribution < 1.29 is 19.2 Å². The van der Waals surface area contributed by atoms with Crippen molar-refractivity contribution in [1.29, 1.82) is 0 Å². The summed E-state index contributed by atoms with van der Waals surface area (Å²) in [4.78, 5) is 21.7. The third kappa shape index (κ3) is 2.06. The zero-order valence-corrected chi connectivity index (χ0v) is 10.1. The van der Waals surface area contributed by atoms with Crippen molar-refractivity contribution in [3.63, 3.8) is 0 Å². The number of esters is 1. The molecule has 0 aromatic heterocycles. The summed E-state index contributed by atoms with van der Waals surface area (Å²) in [7, 11) is 0. The minimum absolute atomic E-state index is 0.0113. The van der Waals surface area contributed by atoms with E-state index in [9.17, 15) is 14.9 Å². The van der Waals surface area contributed by atoms with Gasteiger partial charge in [0.05, 0.1) is 11.5 Å². The number of nitrogens with zero attached hydrogens (tertiary/aromatic N) is 1. The van der Waals surface area contributed by atoms with Gasteiger partial charge in [-0.05, 0) is 31.5 Å². The van der Waals surface area contributed by atoms with Gasteiger partial charge >= 0.3 is 5.97 Å². The van der Waals surface area contributed by atoms with Crippen LogP contribution >= 0.6 is 0 Å². The van der Waals surface area contributed by atoms with Crippen molar-refractivity contribution in [2.75, 3.05) is 6.61 Å². The summed E-state index contributed by atoms with van der Waals surface area (Å²) in [6.07, 6.45) is -0.391. The van der Waals surface area contributed by atoms with E-state index in [4.69, 9.17) is 9.47 Å². The Kier molecular flexibility index (Phi) is 3.04. The first-order valence-corrected chi connectivity index (χ1v) is 5.58. The second-order valence-corrected chi connectivity index (χ2v) is 4.17. The molecule has 0 saturated carbocycles. The highest BCUT2D eigenvalue weighted by molar-refractivity contribution is 5.83. The van der Waals surface area contributed by atoms with Gasteiger partial charge in [0.15, 0.2) is 5.60 Å². The molecular weight excluding hydrogens is 238 g/mol. The number of carbonyl (C=O) groups excluding carboxylic acids is 1. The number of rotatable bonds is 4. The highest BCUT2D eigenvalue weighted by atomic mass is 16.7. The average molecular weight is 251 g/mol. The van der Waals surface area contributed by atoms with Crippen molar-refractivity contribution in [3.05, 3.63) is 39.9 Å². The Bertz CT molecular complexity index is 484. The Balaban J connectivity index is 2.11. The molecule has 1 aliphatic heterocycles. The van der Waals surface area contributed by atoms with Gasteiger partial charge in [0, 0.05) is 12.1 Å². The molecule has 96 valence electrons. The second-order valence-electron chi connectivity index (χ2n) is 4.17. The van der Waals surface area contributed by atoms with Crippen molar-refractivity contribution in [2.45, 2.75) is 25.6 Å². The van der Waals surface area contributed by atoms with E-state index in [1.165, 1.54) is 12.1 Å². The topological polar surface area (TPSA) is 82.0 Å². The number of hydrogen-bond acceptors (Lipinski definition) is 5. The van der Waals surface area contributed by atoms with E-state index in [1.54, 1.807) is 26.0 Å². The fraction of sp³-hybridized carbons (Fsp3) is 0.417. The standard InChI is InChI=1S/C12H13NO5/c1-3-17-11(14)12(2)10(18-12)8-4-6-9(7-5-8)13(15)16/h4-7,10H,3H2,1-2H3/t10-,12-/m1/s1. The summed E-state index contributed by atoms with van der Waals surface area (Å²) in [6.45, 7) is 3.67. The zero-order valence-electron chi connectivity index (χ0n) is 10.1. The molecular formula is C12H13NO5. The fourth-order valence-electron chi connectivity index (χ4n) is 1.80. The van der Waals surface area contributed by atoms with E-state index >= 15 is 0 Å². The van der Waals surface area contributed by atoms with E-state index in [2.05, 4.69) is 0 Å². The number of nitro benzene ring substituents is 1. The van der Waals surface area contributed by atoms with Crippen LogP contribution in [0.3, 0.4) is 0 Å². The third-order valence-corrected chi connectivity index (χ3v) is 2.89. The van der Waals surface area contributed by atoms with Gasteiger partial charge in [-0.2, -0.15) is 0 Å². The van der Waals surface area contributed by atoms with Crippen LogP contribution in [0.25, 0.3) is 0 Å². The predicted molar refractivity (Wildman–Crippen MR) is 62.0 cm³/mol. The average Bonchev–Trinajstić information content (AvgIpc) is 3.04. The summed E-state index contributed by atoms with van der Waals surface area (Å²) < 4.78 is 10.3. The van der Waals surface area contributed by atoms with Gasteiger partial charge in [0.1, 0.15) is 6.10 Å². The Morgan fingerprint density at radius 1 is 1.50 bits per heavy atom. The predicted octanol–water partition coefficient (Wildman–Crippen LogP) is 1.99. The van der Waals surface area contributed by atoms with Gasteiger partial charge < -0.3 is 9.47 Å². The smallest absolute Gasteiger partial charge is 0.341 e. The lowest BCUT2D eigenvalue weighted by atomic mass is 10.0. The minimum Gasteiger partial charge on any atom is -0.464 e. The number of nitro groups is 1. The summed E-state index contributed by atoms with van der Waals surface area (Å²) >= 11 is 0. The summed E-state index contributed by atoms with van der Waals surface area (Å²) in [5.74, 6) is -0.409. The van der Waals surface area contributed by atoms with Crippen LogP contribution in [-0.2, 0) is 14.3 Å². The van der Waals surface area contributed by atoms with Crippen molar-refractivity contribution in [1.82, 2.24) is 0 Å². The van der Waals surface area contributed by atoms with Crippen LogP contribution in [0.4, 0.5) is 5.69 Å². The summed E-state index contributed by atoms with van der Waals surface area (Å²) in [5.41, 5.74) is -0.222. The normalized spacial score (nSPS) is 25.6. The molecule has 1 aromatic rings. The fourth-order valence-corrected chi connectivity index (χ4v) is 1.80. The maximum atomic E-state index is 11.6. The van der Waals surface area contributed by atoms with E-state index < -0.39 is 22.6 Å². The van der Waals surface area contributed by atoms with Gasteiger partial charge in [-0.3, -0.25) is 10.1 Å². The number of non-ortho nitro benzene ring substituents is 1. The van der Waals surface area contributed by atoms with Gasteiger partial charge in [0.25, 0.3) is 5.69 Å². The van der Waals surface area contributed by atoms with E-state index in [1.807, 2.05) is 0 Å². The van der Waals surface area contributed by atoms with Crippen molar-refractivity contribution >= 4 is 11.7 Å². The minimum atomic E-state index is -0.966. The summed E-state index contributed by atoms with van der Waals surface area (Å²) in [6, 6.07) is 5.96. The Morgan fingerprint density at radius 2 is 2.11 bits per heavy atom. The van der Waals surface area contributed by atoms with Crippen LogP contribution in [0, 0.1) is 10.1 Å². The molecule has 0 radical (unpaired) electrons. The van der Waals surface area contributed by atoms with E-state index in [-0.39, 0.29) is 5.69 Å². The van der Waals surface area contributed by atoms with E-state index in [0.717, 1.165) is 5.56 Å². The molecule has 0 aliphatic carbocycles. The van der Waals surface area contributed by atoms with Crippen LogP contribution < -0.4 is 0 Å². The molecule has 2 rings (SSSR count). The molecule has 1 heterocycles. The molecule has 18 heavy (non-hydrogen) atoms. The zero-order chi connectivity index (χ0) is 13.3. The highest BCUT2D eigenvalue weighted by Gasteiger charge is 2.60. The first-order chi connectivity index (χ1) is 8.49. The number of benzene rings is 1. The molecule has 0 spiro atoms. The Morgan fingerprint density at radius 3 is 2.61 bits per heavy atom. The largest absolute Gasteiger partial charge is 0.464 e. The quantitative estimate of drug-likeness (QED) is 0.353. The lowest BCUT2D eigenvalue weighted by Crippen LogP contribution is -2.24. The van der Waals surface area contributed by atoms with Gasteiger partial charge in [-0.15, -0.1) is 0 Å². The molecule has 1 saturated heterocycles. The maximum Gasteiger partial charge on any atom is 0.341 e. The molecule has 1 aliphatic rings. The molecule has 0 unspecified atom stereocenters. The molecule has 1 fully saturated rings. The number of carbonyl (C=O) groups is 1. The van der Waals surface area contributed by atoms with Crippen LogP contribution in [0.1, 0.15) is 25.5 Å². The Hall–Kier alpha value is -1.95. The third-order valence-electron chi connectivity index (χ3n) is 2.89. The van der Waals surface area contributed by atoms with Crippen molar-refractivity contribution in [2.24, 2.45) is 0 Å². The second kappa shape index (κ2) is 4.38. The lowest BCUT2D eigenvalue weighted by Gasteiger charge is -2.05. The van der Waals surface area contributed by atoms with Crippen LogP contribution in [0.15, 0.2) is 24.3 Å². The molecule has 0 N–H and O–H groups in total. The highest BCUT2D eigenvalue weighted by Crippen LogP contribution is 2.50. The number of hydrogen-bond donors (Lipinski definition) is 0. The lowest BCUT2D eigenvalue weighted by molar-refractivity contribution is -0.384. The van der Waals surface area contributed by atoms with Gasteiger partial charge in [-0.25, -0.2) is 4.79 Å². The molecule has 1 aromatic carbocycles. The van der Waals surface area contributed by atoms with Gasteiger partial charge in [0.2, 0.25) is 0 Å². The number of epoxide rings is 1. The van der Waals surface area contributed by atoms with Crippen LogP contribution in [-0.4, -0.2) is 23.1 Å². The first kappa shape index (κ1) is 12.5. The molecule has 0 amide bonds. The molecule has 6 heteroatoms. The Labute approximate surface area is 104 Å². The molecule has 0 bridgehead atoms. The van der Waals surface area contributed by atoms with Crippen LogP contribution in [0.5, 0.6) is 0 Å². The monoisotopic (exact) mass is 251 g/mol. The SMILES string of the molecule is CCOC(=O)[C@]1(C)O[C@@H]1c1ccc([N+](=O)[O-])cc1. The van der Waals surface area contributed by atoms with Crippen molar-refractivity contribution in [3.8, 4) is 0 Å². The molecule has 6 nitrogen and oxygen atoms in total. The summed E-state index contributed by atoms with van der Waals surface area (Å²) in [5, 5.41) is 10.5. The molecule has 2 atom stereocenters. The van der Waals surface area contributed by atoms with Gasteiger partial charge in [-0.1, -0.05) is 0 Å². The van der Waals surface area contributed by atoms with E-state index in [0.29, 0.717) is 6.61 Å². The first-order valence-electron chi connectivity index (χ1n) is 5.58.